The van der Waals surface area contributed by atoms with Crippen LogP contribution in [0.3, 0.4) is 0 Å². The third-order valence-corrected chi connectivity index (χ3v) is 4.09. The molecule has 18 heavy (non-hydrogen) atoms. The number of rotatable bonds is 1. The maximum atomic E-state index is 5.86. The van der Waals surface area contributed by atoms with Gasteiger partial charge in [0.25, 0.3) is 0 Å². The second kappa shape index (κ2) is 4.10. The number of nitrogens with two attached hydrogens (primary N) is 1. The van der Waals surface area contributed by atoms with E-state index in [1.165, 1.54) is 15.8 Å². The lowest BCUT2D eigenvalue weighted by atomic mass is 10.1. The van der Waals surface area contributed by atoms with E-state index in [0.29, 0.717) is 0 Å². The Morgan fingerprint density at radius 1 is 1.06 bits per heavy atom. The molecular weight excluding hydrogens is 240 g/mol. The zero-order chi connectivity index (χ0) is 12.7. The first-order chi connectivity index (χ1) is 8.63. The second-order valence-electron chi connectivity index (χ2n) is 4.56. The van der Waals surface area contributed by atoms with Crippen LogP contribution in [-0.2, 0) is 0 Å². The number of aromatic nitrogens is 1. The van der Waals surface area contributed by atoms with Crippen molar-refractivity contribution >= 4 is 27.2 Å². The van der Waals surface area contributed by atoms with Crippen molar-refractivity contribution in [2.24, 2.45) is 0 Å². The summed E-state index contributed by atoms with van der Waals surface area (Å²) in [7, 11) is 0. The minimum atomic E-state index is 0.783. The van der Waals surface area contributed by atoms with Gasteiger partial charge in [-0.25, -0.2) is 4.98 Å². The molecule has 3 heteroatoms. The van der Waals surface area contributed by atoms with Gasteiger partial charge in [-0.3, -0.25) is 0 Å². The quantitative estimate of drug-likeness (QED) is 0.662. The van der Waals surface area contributed by atoms with E-state index in [9.17, 15) is 0 Å². The summed E-state index contributed by atoms with van der Waals surface area (Å²) in [6, 6.07) is 12.3. The summed E-state index contributed by atoms with van der Waals surface area (Å²) in [5, 5.41) is 1.04. The largest absolute Gasteiger partial charge is 0.399 e. The van der Waals surface area contributed by atoms with Crippen molar-refractivity contribution in [2.45, 2.75) is 13.8 Å². The minimum absolute atomic E-state index is 0.783. The molecule has 90 valence electrons. The molecule has 0 spiro atoms. The van der Waals surface area contributed by atoms with Gasteiger partial charge in [0.2, 0.25) is 0 Å². The number of nitrogens with zero attached hydrogens (tertiary/aromatic N) is 1. The zero-order valence-electron chi connectivity index (χ0n) is 10.4. The van der Waals surface area contributed by atoms with Gasteiger partial charge < -0.3 is 5.73 Å². The number of nitrogen functional groups attached to an aromatic ring is 1. The smallest absolute Gasteiger partial charge is 0.124 e. The average molecular weight is 254 g/mol. The van der Waals surface area contributed by atoms with E-state index >= 15 is 0 Å². The van der Waals surface area contributed by atoms with Crippen LogP contribution in [0, 0.1) is 13.8 Å². The van der Waals surface area contributed by atoms with Gasteiger partial charge in [-0.15, -0.1) is 11.3 Å². The van der Waals surface area contributed by atoms with Gasteiger partial charge in [0, 0.05) is 11.3 Å². The van der Waals surface area contributed by atoms with Crippen LogP contribution in [0.25, 0.3) is 20.8 Å². The molecule has 0 bridgehead atoms. The Morgan fingerprint density at radius 2 is 1.89 bits per heavy atom. The molecule has 2 aromatic carbocycles. The molecule has 0 saturated heterocycles. The summed E-state index contributed by atoms with van der Waals surface area (Å²) in [5.74, 6) is 0. The van der Waals surface area contributed by atoms with E-state index in [1.807, 2.05) is 18.2 Å². The predicted octanol–water partition coefficient (Wildman–Crippen LogP) is 4.16. The minimum Gasteiger partial charge on any atom is -0.399 e. The highest BCUT2D eigenvalue weighted by Crippen LogP contribution is 2.33. The van der Waals surface area contributed by atoms with Gasteiger partial charge in [-0.1, -0.05) is 12.1 Å². The van der Waals surface area contributed by atoms with Crippen LogP contribution in [0.4, 0.5) is 5.69 Å². The van der Waals surface area contributed by atoms with Crippen LogP contribution in [0.2, 0.25) is 0 Å². The normalized spacial score (nSPS) is 11.0. The highest BCUT2D eigenvalue weighted by molar-refractivity contribution is 7.21. The Balaban J connectivity index is 2.22. The number of anilines is 1. The van der Waals surface area contributed by atoms with Crippen molar-refractivity contribution in [3.05, 3.63) is 47.5 Å². The summed E-state index contributed by atoms with van der Waals surface area (Å²) >= 11 is 1.72. The molecule has 0 atom stereocenters. The predicted molar refractivity (Wildman–Crippen MR) is 78.9 cm³/mol. The fourth-order valence-electron chi connectivity index (χ4n) is 2.02. The standard InChI is InChI=1S/C15H14N2S/c1-9-3-6-13-14(7-9)18-15(17-13)12-8-11(16)5-4-10(12)2/h3-8H,16H2,1-2H3. The summed E-state index contributed by atoms with van der Waals surface area (Å²) in [4.78, 5) is 4.69. The highest BCUT2D eigenvalue weighted by Gasteiger charge is 2.09. The van der Waals surface area contributed by atoms with Gasteiger partial charge in [0.1, 0.15) is 5.01 Å². The molecule has 2 N–H and O–H groups in total. The van der Waals surface area contributed by atoms with Crippen LogP contribution in [0.1, 0.15) is 11.1 Å². The monoisotopic (exact) mass is 254 g/mol. The summed E-state index contributed by atoms with van der Waals surface area (Å²) in [5.41, 5.74) is 11.3. The lowest BCUT2D eigenvalue weighted by Gasteiger charge is -2.02. The molecule has 0 unspecified atom stereocenters. The van der Waals surface area contributed by atoms with Crippen molar-refractivity contribution in [1.82, 2.24) is 4.98 Å². The topological polar surface area (TPSA) is 38.9 Å². The summed E-state index contributed by atoms with van der Waals surface area (Å²) in [6.45, 7) is 4.19. The SMILES string of the molecule is Cc1ccc2nc(-c3cc(N)ccc3C)sc2c1. The van der Waals surface area contributed by atoms with Crippen LogP contribution in [-0.4, -0.2) is 4.98 Å². The van der Waals surface area contributed by atoms with Crippen molar-refractivity contribution in [1.29, 1.82) is 0 Å². The second-order valence-corrected chi connectivity index (χ2v) is 5.60. The molecule has 2 nitrogen and oxygen atoms in total. The lowest BCUT2D eigenvalue weighted by Crippen LogP contribution is -1.88. The average Bonchev–Trinajstić information content (AvgIpc) is 2.74. The zero-order valence-corrected chi connectivity index (χ0v) is 11.2. The number of fused-ring (bicyclic) bond motifs is 1. The highest BCUT2D eigenvalue weighted by atomic mass is 32.1. The number of thiazole rings is 1. The molecular formula is C15H14N2S. The van der Waals surface area contributed by atoms with Crippen molar-refractivity contribution in [3.8, 4) is 10.6 Å². The van der Waals surface area contributed by atoms with Crippen molar-refractivity contribution < 1.29 is 0 Å². The number of benzene rings is 2. The maximum absolute atomic E-state index is 5.86. The van der Waals surface area contributed by atoms with Gasteiger partial charge in [-0.2, -0.15) is 0 Å². The fraction of sp³-hybridized carbons (Fsp3) is 0.133. The van der Waals surface area contributed by atoms with Gasteiger partial charge in [0.05, 0.1) is 10.2 Å². The first kappa shape index (κ1) is 11.2. The Bertz CT molecular complexity index is 728. The number of hydrogen-bond donors (Lipinski definition) is 1. The first-order valence-electron chi connectivity index (χ1n) is 5.87. The molecule has 0 aliphatic rings. The van der Waals surface area contributed by atoms with Crippen LogP contribution in [0.15, 0.2) is 36.4 Å². The van der Waals surface area contributed by atoms with E-state index in [0.717, 1.165) is 21.8 Å². The Kier molecular flexibility index (Phi) is 2.56. The molecule has 0 radical (unpaired) electrons. The molecule has 3 rings (SSSR count). The fourth-order valence-corrected chi connectivity index (χ4v) is 3.16. The van der Waals surface area contributed by atoms with Crippen molar-refractivity contribution in [3.63, 3.8) is 0 Å². The third kappa shape index (κ3) is 1.87. The molecule has 0 aliphatic carbocycles. The van der Waals surface area contributed by atoms with Crippen molar-refractivity contribution in [2.75, 3.05) is 5.73 Å². The molecule has 3 aromatic rings. The van der Waals surface area contributed by atoms with E-state index in [4.69, 9.17) is 5.73 Å². The molecule has 1 aromatic heterocycles. The van der Waals surface area contributed by atoms with E-state index in [2.05, 4.69) is 37.0 Å². The van der Waals surface area contributed by atoms with E-state index in [-0.39, 0.29) is 0 Å². The molecule has 0 fully saturated rings. The first-order valence-corrected chi connectivity index (χ1v) is 6.69. The van der Waals surface area contributed by atoms with Gasteiger partial charge in [-0.05, 0) is 49.2 Å². The van der Waals surface area contributed by atoms with Crippen LogP contribution in [0.5, 0.6) is 0 Å². The Labute approximate surface area is 110 Å². The number of aryl methyl sites for hydroxylation is 2. The van der Waals surface area contributed by atoms with Crippen LogP contribution >= 0.6 is 11.3 Å². The number of hydrogen-bond acceptors (Lipinski definition) is 3. The Morgan fingerprint density at radius 3 is 2.72 bits per heavy atom. The summed E-state index contributed by atoms with van der Waals surface area (Å²) in [6.07, 6.45) is 0. The maximum Gasteiger partial charge on any atom is 0.124 e. The van der Waals surface area contributed by atoms with Gasteiger partial charge in [0.15, 0.2) is 0 Å². The van der Waals surface area contributed by atoms with E-state index in [1.54, 1.807) is 11.3 Å². The van der Waals surface area contributed by atoms with Gasteiger partial charge >= 0.3 is 0 Å². The third-order valence-electron chi connectivity index (χ3n) is 3.04. The Hall–Kier alpha value is -1.87. The lowest BCUT2D eigenvalue weighted by molar-refractivity contribution is 1.41. The van der Waals surface area contributed by atoms with E-state index < -0.39 is 0 Å². The molecule has 0 aliphatic heterocycles. The molecule has 0 amide bonds. The van der Waals surface area contributed by atoms with Crippen LogP contribution < -0.4 is 5.73 Å². The molecule has 0 saturated carbocycles. The molecule has 1 heterocycles. The summed E-state index contributed by atoms with van der Waals surface area (Å²) < 4.78 is 1.23.